The smallest absolute Gasteiger partial charge is 0.291 e. The van der Waals surface area contributed by atoms with E-state index < -0.39 is 0 Å². The Morgan fingerprint density at radius 2 is 2.04 bits per heavy atom. The van der Waals surface area contributed by atoms with Crippen molar-refractivity contribution in [3.63, 3.8) is 0 Å². The van der Waals surface area contributed by atoms with Crippen LogP contribution in [0.3, 0.4) is 0 Å². The number of likely N-dealkylation sites (N-methyl/N-ethyl adjacent to an activating group) is 1. The van der Waals surface area contributed by atoms with Gasteiger partial charge in [0.05, 0.1) is 22.5 Å². The Morgan fingerprint density at radius 1 is 1.24 bits per heavy atom. The zero-order chi connectivity index (χ0) is 33.0. The molecule has 1 fully saturated rings. The Kier molecular flexibility index (Phi) is 10.6. The van der Waals surface area contributed by atoms with Crippen molar-refractivity contribution in [2.75, 3.05) is 25.5 Å². The average Bonchev–Trinajstić information content (AvgIpc) is 3.35. The number of aromatic nitrogens is 3. The molecule has 5 rings (SSSR count). The van der Waals surface area contributed by atoms with Gasteiger partial charge in [0, 0.05) is 62.2 Å². The number of hydrogen-bond acceptors (Lipinski definition) is 6. The second kappa shape index (κ2) is 14.6. The standard InChI is InChI=1S/C37H44ClN7O/c1-24(2)20-27(21-35(38)45-18-8-7-10-25(45)3)13-14-32-30(22-39)29(15-17-40-32)28-11-9-12-31(26(28)4)42-37(46)36-41-33-23-43(5)19-16-34(33)44(36)6/h9,11-15,17,20,25,35H,1,7-8,10,16,18-19,21,23H2,2-6H3,(H,42,46)/b14-13+,27-20-/t25-,35?/m1/s1. The molecule has 1 saturated heterocycles. The molecule has 2 aliphatic heterocycles. The molecule has 1 unspecified atom stereocenters. The van der Waals surface area contributed by atoms with Crippen molar-refractivity contribution in [2.24, 2.45) is 7.05 Å². The van der Waals surface area contributed by atoms with Gasteiger partial charge >= 0.3 is 0 Å². The van der Waals surface area contributed by atoms with E-state index in [9.17, 15) is 10.1 Å². The van der Waals surface area contributed by atoms with Crippen LogP contribution >= 0.6 is 11.6 Å². The summed E-state index contributed by atoms with van der Waals surface area (Å²) >= 11 is 6.94. The first-order valence-electron chi connectivity index (χ1n) is 16.0. The molecule has 8 nitrogen and oxygen atoms in total. The molecule has 2 atom stereocenters. The molecule has 2 aromatic heterocycles. The number of nitrogens with zero attached hydrogens (tertiary/aromatic N) is 6. The maximum Gasteiger partial charge on any atom is 0.291 e. The predicted molar refractivity (Wildman–Crippen MR) is 187 cm³/mol. The van der Waals surface area contributed by atoms with Crippen LogP contribution in [0.15, 0.2) is 60.3 Å². The van der Waals surface area contributed by atoms with Crippen LogP contribution in [0.1, 0.15) is 78.4 Å². The Balaban J connectivity index is 1.40. The van der Waals surface area contributed by atoms with Crippen molar-refractivity contribution in [3.8, 4) is 17.2 Å². The lowest BCUT2D eigenvalue weighted by Crippen LogP contribution is -2.42. The van der Waals surface area contributed by atoms with E-state index in [2.05, 4.69) is 51.7 Å². The number of benzene rings is 1. The number of fused-ring (bicyclic) bond motifs is 1. The number of carbonyl (C=O) groups excluding carboxylic acids is 1. The number of pyridine rings is 1. The minimum atomic E-state index is -0.257. The molecule has 0 saturated carbocycles. The molecule has 1 amide bonds. The van der Waals surface area contributed by atoms with Gasteiger partial charge in [-0.05, 0) is 82.1 Å². The van der Waals surface area contributed by atoms with Crippen LogP contribution in [0.5, 0.6) is 0 Å². The van der Waals surface area contributed by atoms with Crippen LogP contribution in [0, 0.1) is 18.3 Å². The summed E-state index contributed by atoms with van der Waals surface area (Å²) in [5.41, 5.74) is 8.07. The molecule has 0 radical (unpaired) electrons. The van der Waals surface area contributed by atoms with Crippen LogP contribution in [-0.4, -0.2) is 61.9 Å². The third-order valence-electron chi connectivity index (χ3n) is 9.12. The predicted octanol–water partition coefficient (Wildman–Crippen LogP) is 7.25. The monoisotopic (exact) mass is 637 g/mol. The van der Waals surface area contributed by atoms with Crippen molar-refractivity contribution in [2.45, 2.75) is 71.0 Å². The SMILES string of the molecule is C=C(C)/C=C(/C=C/c1nccc(-c2cccc(NC(=O)c3nc4c(n3C)CCN(C)C4)c2C)c1C#N)CC(Cl)N1CCCC[C@H]1C. The van der Waals surface area contributed by atoms with E-state index in [1.165, 1.54) is 6.42 Å². The minimum absolute atomic E-state index is 0.126. The molecular weight excluding hydrogens is 594 g/mol. The number of anilines is 1. The number of allylic oxidation sites excluding steroid dienone is 3. The van der Waals surface area contributed by atoms with E-state index in [0.717, 1.165) is 78.1 Å². The zero-order valence-corrected chi connectivity index (χ0v) is 28.4. The first-order chi connectivity index (χ1) is 22.1. The summed E-state index contributed by atoms with van der Waals surface area (Å²) in [5, 5.41) is 13.4. The quantitative estimate of drug-likeness (QED) is 0.151. The summed E-state index contributed by atoms with van der Waals surface area (Å²) in [6, 6.07) is 10.4. The maximum absolute atomic E-state index is 13.4. The highest BCUT2D eigenvalue weighted by Gasteiger charge is 2.26. The molecule has 2 aliphatic rings. The fraction of sp³-hybridized carbons (Fsp3) is 0.405. The van der Waals surface area contributed by atoms with E-state index in [0.29, 0.717) is 35.2 Å². The minimum Gasteiger partial charge on any atom is -0.327 e. The second-order valence-electron chi connectivity index (χ2n) is 12.7. The van der Waals surface area contributed by atoms with Crippen LogP contribution in [-0.2, 0) is 20.0 Å². The Bertz CT molecular complexity index is 1730. The van der Waals surface area contributed by atoms with Gasteiger partial charge in [-0.15, -0.1) is 11.6 Å². The van der Waals surface area contributed by atoms with Gasteiger partial charge in [-0.1, -0.05) is 42.9 Å². The van der Waals surface area contributed by atoms with E-state index in [1.54, 1.807) is 6.20 Å². The number of halogens is 1. The summed E-state index contributed by atoms with van der Waals surface area (Å²) in [6.07, 6.45) is 12.7. The number of nitrogens with one attached hydrogen (secondary N) is 1. The molecule has 4 heterocycles. The van der Waals surface area contributed by atoms with Gasteiger partial charge in [-0.2, -0.15) is 5.26 Å². The Morgan fingerprint density at radius 3 is 2.78 bits per heavy atom. The zero-order valence-electron chi connectivity index (χ0n) is 27.6. The lowest BCUT2D eigenvalue weighted by molar-refractivity contribution is 0.101. The van der Waals surface area contributed by atoms with Crippen molar-refractivity contribution >= 4 is 29.3 Å². The highest BCUT2D eigenvalue weighted by Crippen LogP contribution is 2.33. The van der Waals surface area contributed by atoms with Crippen LogP contribution in [0.2, 0.25) is 0 Å². The van der Waals surface area contributed by atoms with Gasteiger partial charge in [-0.25, -0.2) is 4.98 Å². The first-order valence-corrected chi connectivity index (χ1v) is 16.5. The van der Waals surface area contributed by atoms with Gasteiger partial charge in [0.2, 0.25) is 0 Å². The van der Waals surface area contributed by atoms with Crippen LogP contribution in [0.25, 0.3) is 17.2 Å². The average molecular weight is 638 g/mol. The molecular formula is C37H44ClN7O. The topological polar surface area (TPSA) is 90.1 Å². The molecule has 1 N–H and O–H groups in total. The van der Waals surface area contributed by atoms with E-state index in [-0.39, 0.29) is 11.4 Å². The lowest BCUT2D eigenvalue weighted by atomic mass is 9.94. The summed E-state index contributed by atoms with van der Waals surface area (Å²) in [5.74, 6) is 0.138. The molecule has 0 aliphatic carbocycles. The molecule has 240 valence electrons. The number of nitriles is 1. The van der Waals surface area contributed by atoms with E-state index in [4.69, 9.17) is 11.6 Å². The van der Waals surface area contributed by atoms with Gasteiger partial charge < -0.3 is 14.8 Å². The highest BCUT2D eigenvalue weighted by atomic mass is 35.5. The van der Waals surface area contributed by atoms with Gasteiger partial charge in [0.25, 0.3) is 5.91 Å². The highest BCUT2D eigenvalue weighted by molar-refractivity contribution is 6.20. The van der Waals surface area contributed by atoms with Crippen molar-refractivity contribution in [1.82, 2.24) is 24.3 Å². The third-order valence-corrected chi connectivity index (χ3v) is 9.52. The molecule has 1 aromatic carbocycles. The summed E-state index contributed by atoms with van der Waals surface area (Å²) in [6.45, 7) is 12.9. The number of amides is 1. The van der Waals surface area contributed by atoms with E-state index >= 15 is 0 Å². The molecule has 0 bridgehead atoms. The largest absolute Gasteiger partial charge is 0.327 e. The summed E-state index contributed by atoms with van der Waals surface area (Å²) in [4.78, 5) is 27.3. The summed E-state index contributed by atoms with van der Waals surface area (Å²) in [7, 11) is 3.96. The summed E-state index contributed by atoms with van der Waals surface area (Å²) < 4.78 is 1.90. The van der Waals surface area contributed by atoms with Gasteiger partial charge in [-0.3, -0.25) is 14.7 Å². The van der Waals surface area contributed by atoms with Crippen molar-refractivity contribution in [3.05, 3.63) is 94.4 Å². The number of imidazole rings is 1. The number of rotatable bonds is 9. The Hall–Kier alpha value is -4.03. The maximum atomic E-state index is 13.4. The first kappa shape index (κ1) is 33.3. The van der Waals surface area contributed by atoms with Gasteiger partial charge in [0.15, 0.2) is 5.82 Å². The van der Waals surface area contributed by atoms with Crippen LogP contribution < -0.4 is 5.32 Å². The van der Waals surface area contributed by atoms with Crippen molar-refractivity contribution in [1.29, 1.82) is 5.26 Å². The second-order valence-corrected chi connectivity index (χ2v) is 13.2. The fourth-order valence-corrected chi connectivity index (χ4v) is 7.04. The normalized spacial score (nSPS) is 18.3. The number of piperidine rings is 1. The number of hydrogen-bond donors (Lipinski definition) is 1. The molecule has 46 heavy (non-hydrogen) atoms. The number of alkyl halides is 1. The van der Waals surface area contributed by atoms with Gasteiger partial charge in [0.1, 0.15) is 6.07 Å². The lowest BCUT2D eigenvalue weighted by Gasteiger charge is -2.37. The molecule has 0 spiro atoms. The Labute approximate surface area is 278 Å². The molecule has 3 aromatic rings. The van der Waals surface area contributed by atoms with Crippen LogP contribution in [0.4, 0.5) is 5.69 Å². The van der Waals surface area contributed by atoms with E-state index in [1.807, 2.05) is 68.0 Å². The van der Waals surface area contributed by atoms with Crippen molar-refractivity contribution < 1.29 is 4.79 Å². The fourth-order valence-electron chi connectivity index (χ4n) is 6.58. The molecule has 9 heteroatoms. The third kappa shape index (κ3) is 7.33. The number of carbonyl (C=O) groups is 1. The number of likely N-dealkylation sites (tertiary alicyclic amines) is 1.